The number of hydrogen-bond acceptors (Lipinski definition) is 2. The Bertz CT molecular complexity index is 430. The average Bonchev–Trinajstić information content (AvgIpc) is 2.55. The summed E-state index contributed by atoms with van der Waals surface area (Å²) in [6.07, 6.45) is 0.716. The van der Waals surface area contributed by atoms with E-state index in [9.17, 15) is 9.90 Å². The zero-order valence-corrected chi connectivity index (χ0v) is 12.2. The molecule has 1 aromatic heterocycles. The van der Waals surface area contributed by atoms with Crippen LogP contribution in [0.5, 0.6) is 0 Å². The molecule has 0 aliphatic rings. The van der Waals surface area contributed by atoms with Crippen molar-refractivity contribution < 1.29 is 9.90 Å². The molecule has 1 amide bonds. The molecule has 0 spiro atoms. The number of hydrogen-bond donors (Lipinski definition) is 2. The highest BCUT2D eigenvalue weighted by molar-refractivity contribution is 6.41. The van der Waals surface area contributed by atoms with E-state index in [1.807, 2.05) is 13.8 Å². The second-order valence-electron chi connectivity index (χ2n) is 4.71. The largest absolute Gasteiger partial charge is 0.394 e. The lowest BCUT2D eigenvalue weighted by Crippen LogP contribution is -2.39. The molecule has 1 atom stereocenters. The van der Waals surface area contributed by atoms with Crippen molar-refractivity contribution in [3.63, 3.8) is 0 Å². The number of aliphatic hydroxyl groups is 1. The molecule has 0 aliphatic carbocycles. The summed E-state index contributed by atoms with van der Waals surface area (Å²) in [6.45, 7) is 3.98. The standard InChI is InChI=1S/C12H18Cl2N2O2/c1-7(2)4-8(6-17)15-12(18)10-5-9(13)11(14)16(10)3/h5,7-8,17H,4,6H2,1-3H3,(H,15,18). The number of carbonyl (C=O) groups is 1. The maximum absolute atomic E-state index is 12.0. The first-order valence-electron chi connectivity index (χ1n) is 5.79. The van der Waals surface area contributed by atoms with E-state index in [0.29, 0.717) is 28.2 Å². The lowest BCUT2D eigenvalue weighted by molar-refractivity contribution is 0.0900. The summed E-state index contributed by atoms with van der Waals surface area (Å²) >= 11 is 11.8. The molecule has 0 saturated heterocycles. The molecule has 0 radical (unpaired) electrons. The third-order valence-electron chi connectivity index (χ3n) is 2.66. The molecule has 0 bridgehead atoms. The zero-order valence-electron chi connectivity index (χ0n) is 10.7. The van der Waals surface area contributed by atoms with Crippen molar-refractivity contribution in [2.75, 3.05) is 6.61 Å². The smallest absolute Gasteiger partial charge is 0.268 e. The number of carbonyl (C=O) groups excluding carboxylic acids is 1. The molecule has 18 heavy (non-hydrogen) atoms. The van der Waals surface area contributed by atoms with Gasteiger partial charge in [0.1, 0.15) is 10.8 Å². The zero-order chi connectivity index (χ0) is 13.9. The van der Waals surface area contributed by atoms with E-state index in [1.165, 1.54) is 10.6 Å². The Morgan fingerprint density at radius 3 is 2.50 bits per heavy atom. The van der Waals surface area contributed by atoms with Crippen LogP contribution in [0.3, 0.4) is 0 Å². The van der Waals surface area contributed by atoms with Crippen LogP contribution in [0.15, 0.2) is 6.07 Å². The van der Waals surface area contributed by atoms with Crippen LogP contribution >= 0.6 is 23.2 Å². The predicted molar refractivity (Wildman–Crippen MR) is 73.2 cm³/mol. The van der Waals surface area contributed by atoms with Crippen LogP contribution in [0.25, 0.3) is 0 Å². The van der Waals surface area contributed by atoms with Crippen LogP contribution in [-0.4, -0.2) is 28.2 Å². The number of nitrogens with zero attached hydrogens (tertiary/aromatic N) is 1. The van der Waals surface area contributed by atoms with Gasteiger partial charge in [0.25, 0.3) is 5.91 Å². The minimum absolute atomic E-state index is 0.0875. The van der Waals surface area contributed by atoms with Gasteiger partial charge in [-0.15, -0.1) is 0 Å². The summed E-state index contributed by atoms with van der Waals surface area (Å²) in [5, 5.41) is 12.7. The van der Waals surface area contributed by atoms with Crippen molar-refractivity contribution in [3.8, 4) is 0 Å². The normalized spacial score (nSPS) is 12.8. The molecule has 1 aromatic rings. The van der Waals surface area contributed by atoms with Crippen molar-refractivity contribution in [3.05, 3.63) is 21.9 Å². The number of nitrogens with one attached hydrogen (secondary N) is 1. The van der Waals surface area contributed by atoms with Crippen molar-refractivity contribution in [1.29, 1.82) is 0 Å². The fourth-order valence-corrected chi connectivity index (χ4v) is 2.14. The van der Waals surface area contributed by atoms with Gasteiger partial charge in [-0.25, -0.2) is 0 Å². The summed E-state index contributed by atoms with van der Waals surface area (Å²) in [6, 6.07) is 1.26. The molecule has 0 saturated carbocycles. The highest BCUT2D eigenvalue weighted by atomic mass is 35.5. The maximum atomic E-state index is 12.0. The minimum atomic E-state index is -0.286. The van der Waals surface area contributed by atoms with Gasteiger partial charge in [-0.05, 0) is 18.4 Å². The first kappa shape index (κ1) is 15.3. The van der Waals surface area contributed by atoms with Crippen molar-refractivity contribution in [2.45, 2.75) is 26.3 Å². The lowest BCUT2D eigenvalue weighted by Gasteiger charge is -2.18. The molecule has 6 heteroatoms. The van der Waals surface area contributed by atoms with Gasteiger partial charge in [0.15, 0.2) is 0 Å². The van der Waals surface area contributed by atoms with Gasteiger partial charge in [-0.3, -0.25) is 4.79 Å². The second-order valence-corrected chi connectivity index (χ2v) is 5.48. The highest BCUT2D eigenvalue weighted by Gasteiger charge is 2.19. The van der Waals surface area contributed by atoms with Gasteiger partial charge in [0, 0.05) is 7.05 Å². The third-order valence-corrected chi connectivity index (χ3v) is 3.50. The molecule has 0 fully saturated rings. The highest BCUT2D eigenvalue weighted by Crippen LogP contribution is 2.25. The fourth-order valence-electron chi connectivity index (χ4n) is 1.77. The fraction of sp³-hybridized carbons (Fsp3) is 0.583. The Labute approximate surface area is 117 Å². The SMILES string of the molecule is CC(C)CC(CO)NC(=O)c1cc(Cl)c(Cl)n1C. The number of aliphatic hydroxyl groups excluding tert-OH is 1. The quantitative estimate of drug-likeness (QED) is 0.876. The van der Waals surface area contributed by atoms with Gasteiger partial charge >= 0.3 is 0 Å². The Hall–Kier alpha value is -0.710. The van der Waals surface area contributed by atoms with Crippen LogP contribution < -0.4 is 5.32 Å². The third kappa shape index (κ3) is 3.64. The van der Waals surface area contributed by atoms with Gasteiger partial charge in [0.05, 0.1) is 17.7 Å². The first-order chi connectivity index (χ1) is 8.36. The van der Waals surface area contributed by atoms with Gasteiger partial charge < -0.3 is 15.0 Å². The average molecular weight is 293 g/mol. The van der Waals surface area contributed by atoms with E-state index in [0.717, 1.165) is 0 Å². The minimum Gasteiger partial charge on any atom is -0.394 e. The molecule has 0 aromatic carbocycles. The number of rotatable bonds is 5. The molecule has 0 aliphatic heterocycles. The Morgan fingerprint density at radius 1 is 1.50 bits per heavy atom. The lowest BCUT2D eigenvalue weighted by atomic mass is 10.0. The van der Waals surface area contributed by atoms with Crippen molar-refractivity contribution in [1.82, 2.24) is 9.88 Å². The van der Waals surface area contributed by atoms with Crippen molar-refractivity contribution >= 4 is 29.1 Å². The molecular weight excluding hydrogens is 275 g/mol. The van der Waals surface area contributed by atoms with E-state index in [4.69, 9.17) is 23.2 Å². The second kappa shape index (κ2) is 6.45. The van der Waals surface area contributed by atoms with E-state index in [1.54, 1.807) is 7.05 Å². The van der Waals surface area contributed by atoms with E-state index in [2.05, 4.69) is 5.32 Å². The summed E-state index contributed by atoms with van der Waals surface area (Å²) in [7, 11) is 1.67. The topological polar surface area (TPSA) is 54.3 Å². The van der Waals surface area contributed by atoms with Gasteiger partial charge in [0.2, 0.25) is 0 Å². The predicted octanol–water partition coefficient (Wildman–Crippen LogP) is 2.47. The molecule has 4 nitrogen and oxygen atoms in total. The van der Waals surface area contributed by atoms with E-state index < -0.39 is 0 Å². The van der Waals surface area contributed by atoms with Gasteiger partial charge in [-0.1, -0.05) is 37.0 Å². The summed E-state index contributed by atoms with van der Waals surface area (Å²) in [4.78, 5) is 12.0. The Morgan fingerprint density at radius 2 is 2.11 bits per heavy atom. The van der Waals surface area contributed by atoms with Crippen molar-refractivity contribution in [2.24, 2.45) is 13.0 Å². The first-order valence-corrected chi connectivity index (χ1v) is 6.54. The monoisotopic (exact) mass is 292 g/mol. The molecule has 2 N–H and O–H groups in total. The molecule has 1 unspecified atom stereocenters. The molecular formula is C12H18Cl2N2O2. The number of aromatic nitrogens is 1. The Balaban J connectivity index is 2.78. The summed E-state index contributed by atoms with van der Waals surface area (Å²) < 4.78 is 1.52. The molecule has 1 rings (SSSR count). The summed E-state index contributed by atoms with van der Waals surface area (Å²) in [5.74, 6) is 0.106. The summed E-state index contributed by atoms with van der Waals surface area (Å²) in [5.41, 5.74) is 0.382. The molecule has 1 heterocycles. The van der Waals surface area contributed by atoms with Gasteiger partial charge in [-0.2, -0.15) is 0 Å². The van der Waals surface area contributed by atoms with Crippen LogP contribution in [0.1, 0.15) is 30.8 Å². The number of amides is 1. The maximum Gasteiger partial charge on any atom is 0.268 e. The van der Waals surface area contributed by atoms with Crippen LogP contribution in [0.2, 0.25) is 10.2 Å². The van der Waals surface area contributed by atoms with E-state index >= 15 is 0 Å². The van der Waals surface area contributed by atoms with Crippen LogP contribution in [0, 0.1) is 5.92 Å². The van der Waals surface area contributed by atoms with Crippen LogP contribution in [0.4, 0.5) is 0 Å². The molecule has 102 valence electrons. The van der Waals surface area contributed by atoms with E-state index in [-0.39, 0.29) is 18.6 Å². The number of halogens is 2. The van der Waals surface area contributed by atoms with Crippen LogP contribution in [-0.2, 0) is 7.05 Å². The Kier molecular flexibility index (Phi) is 5.50.